The monoisotopic (exact) mass is 289 g/mol. The number of rotatable bonds is 5. The lowest BCUT2D eigenvalue weighted by Crippen LogP contribution is -2.64. The lowest BCUT2D eigenvalue weighted by atomic mass is 9.55. The van der Waals surface area contributed by atoms with Crippen molar-refractivity contribution >= 4 is 0 Å². The third kappa shape index (κ3) is 2.97. The number of ether oxygens (including phenoxy) is 1. The van der Waals surface area contributed by atoms with Crippen molar-refractivity contribution < 1.29 is 4.74 Å². The highest BCUT2D eigenvalue weighted by molar-refractivity contribution is 5.10. The fraction of sp³-hybridized carbons (Fsp3) is 0.765. The molecule has 1 N–H and O–H groups in total. The molecule has 0 aromatic carbocycles. The molecule has 4 heteroatoms. The topological polar surface area (TPSA) is 47.0 Å². The van der Waals surface area contributed by atoms with E-state index in [4.69, 9.17) is 4.74 Å². The zero-order valence-electron chi connectivity index (χ0n) is 13.3. The average Bonchev–Trinajstić information content (AvgIpc) is 2.51. The summed E-state index contributed by atoms with van der Waals surface area (Å²) in [5.74, 6) is 0.850. The molecule has 1 heterocycles. The highest BCUT2D eigenvalue weighted by atomic mass is 16.5. The first-order valence-electron chi connectivity index (χ1n) is 8.38. The molecule has 0 amide bonds. The lowest BCUT2D eigenvalue weighted by Gasteiger charge is -2.58. The first-order chi connectivity index (χ1) is 10.2. The second-order valence-corrected chi connectivity index (χ2v) is 6.50. The van der Waals surface area contributed by atoms with Crippen molar-refractivity contribution in [3.05, 3.63) is 23.8 Å². The SMILES string of the molecule is CCOC1CC(NCc2ccnc(C)n2)C12CCCCC2. The van der Waals surface area contributed by atoms with Crippen molar-refractivity contribution in [2.45, 2.75) is 71.1 Å². The lowest BCUT2D eigenvalue weighted by molar-refractivity contribution is -0.150. The van der Waals surface area contributed by atoms with Gasteiger partial charge in [0.15, 0.2) is 0 Å². The molecule has 2 fully saturated rings. The van der Waals surface area contributed by atoms with Crippen molar-refractivity contribution in [3.63, 3.8) is 0 Å². The number of hydrogen-bond acceptors (Lipinski definition) is 4. The summed E-state index contributed by atoms with van der Waals surface area (Å²) in [6.07, 6.45) is 10.2. The Morgan fingerprint density at radius 3 is 2.86 bits per heavy atom. The van der Waals surface area contributed by atoms with E-state index < -0.39 is 0 Å². The Balaban J connectivity index is 1.62. The fourth-order valence-corrected chi connectivity index (χ4v) is 4.18. The highest BCUT2D eigenvalue weighted by Gasteiger charge is 2.55. The van der Waals surface area contributed by atoms with Crippen molar-refractivity contribution in [2.75, 3.05) is 6.61 Å². The summed E-state index contributed by atoms with van der Waals surface area (Å²) in [5.41, 5.74) is 1.48. The molecule has 4 nitrogen and oxygen atoms in total. The van der Waals surface area contributed by atoms with Gasteiger partial charge in [-0.15, -0.1) is 0 Å². The molecule has 1 spiro atoms. The molecule has 0 bridgehead atoms. The first-order valence-corrected chi connectivity index (χ1v) is 8.38. The van der Waals surface area contributed by atoms with Crippen molar-refractivity contribution in [1.82, 2.24) is 15.3 Å². The van der Waals surface area contributed by atoms with E-state index in [0.717, 1.165) is 31.1 Å². The highest BCUT2D eigenvalue weighted by Crippen LogP contribution is 2.53. The van der Waals surface area contributed by atoms with Crippen LogP contribution in [-0.2, 0) is 11.3 Å². The van der Waals surface area contributed by atoms with Crippen LogP contribution in [0.5, 0.6) is 0 Å². The van der Waals surface area contributed by atoms with E-state index in [2.05, 4.69) is 22.2 Å². The van der Waals surface area contributed by atoms with Crippen LogP contribution < -0.4 is 5.32 Å². The van der Waals surface area contributed by atoms with E-state index in [9.17, 15) is 0 Å². The third-order valence-electron chi connectivity index (χ3n) is 5.30. The summed E-state index contributed by atoms with van der Waals surface area (Å²) in [6.45, 7) is 5.74. The maximum Gasteiger partial charge on any atom is 0.125 e. The van der Waals surface area contributed by atoms with Gasteiger partial charge in [0.1, 0.15) is 5.82 Å². The largest absolute Gasteiger partial charge is 0.378 e. The quantitative estimate of drug-likeness (QED) is 0.905. The normalized spacial score (nSPS) is 27.5. The number of hydrogen-bond donors (Lipinski definition) is 1. The van der Waals surface area contributed by atoms with Crippen LogP contribution in [0.4, 0.5) is 0 Å². The Kier molecular flexibility index (Phi) is 4.55. The van der Waals surface area contributed by atoms with E-state index in [1.54, 1.807) is 0 Å². The summed E-state index contributed by atoms with van der Waals surface area (Å²) < 4.78 is 6.01. The maximum atomic E-state index is 6.01. The standard InChI is InChI=1S/C17H27N3O/c1-3-21-16-11-15(17(16)8-5-4-6-9-17)19-12-14-7-10-18-13(2)20-14/h7,10,15-16,19H,3-6,8-9,11-12H2,1-2H3. The molecular formula is C17H27N3O. The molecule has 3 rings (SSSR count). The fourth-order valence-electron chi connectivity index (χ4n) is 4.18. The molecule has 0 radical (unpaired) electrons. The maximum absolute atomic E-state index is 6.01. The Morgan fingerprint density at radius 2 is 2.14 bits per heavy atom. The molecule has 2 aliphatic carbocycles. The molecule has 1 aromatic heterocycles. The molecule has 2 unspecified atom stereocenters. The molecule has 2 aliphatic rings. The zero-order chi connectivity index (χ0) is 14.7. The number of nitrogens with one attached hydrogen (secondary N) is 1. The summed E-state index contributed by atoms with van der Waals surface area (Å²) in [7, 11) is 0. The van der Waals surface area contributed by atoms with E-state index in [1.807, 2.05) is 19.2 Å². The van der Waals surface area contributed by atoms with Gasteiger partial charge in [0, 0.05) is 30.8 Å². The van der Waals surface area contributed by atoms with Crippen LogP contribution in [0.1, 0.15) is 57.0 Å². The molecule has 0 saturated heterocycles. The van der Waals surface area contributed by atoms with Gasteiger partial charge in [0.05, 0.1) is 11.8 Å². The minimum atomic E-state index is 0.385. The van der Waals surface area contributed by atoms with E-state index in [1.165, 1.54) is 32.1 Å². The van der Waals surface area contributed by atoms with Crippen LogP contribution in [0.15, 0.2) is 12.3 Å². The van der Waals surface area contributed by atoms with Crippen LogP contribution in [0, 0.1) is 12.3 Å². The van der Waals surface area contributed by atoms with Gasteiger partial charge in [-0.2, -0.15) is 0 Å². The summed E-state index contributed by atoms with van der Waals surface area (Å²) in [6, 6.07) is 2.59. The van der Waals surface area contributed by atoms with Gasteiger partial charge in [-0.05, 0) is 39.2 Å². The van der Waals surface area contributed by atoms with Crippen molar-refractivity contribution in [3.8, 4) is 0 Å². The second-order valence-electron chi connectivity index (χ2n) is 6.50. The van der Waals surface area contributed by atoms with Crippen LogP contribution in [0.3, 0.4) is 0 Å². The number of aromatic nitrogens is 2. The van der Waals surface area contributed by atoms with Crippen molar-refractivity contribution in [1.29, 1.82) is 0 Å². The van der Waals surface area contributed by atoms with E-state index >= 15 is 0 Å². The van der Waals surface area contributed by atoms with Crippen LogP contribution in [0.2, 0.25) is 0 Å². The third-order valence-corrected chi connectivity index (χ3v) is 5.30. The Morgan fingerprint density at radius 1 is 1.33 bits per heavy atom. The zero-order valence-corrected chi connectivity index (χ0v) is 13.3. The summed E-state index contributed by atoms with van der Waals surface area (Å²) in [4.78, 5) is 8.65. The molecule has 1 aromatic rings. The summed E-state index contributed by atoms with van der Waals surface area (Å²) in [5, 5.41) is 3.74. The minimum absolute atomic E-state index is 0.385. The molecule has 0 aliphatic heterocycles. The van der Waals surface area contributed by atoms with Gasteiger partial charge in [0.25, 0.3) is 0 Å². The molecule has 2 atom stereocenters. The van der Waals surface area contributed by atoms with E-state index in [-0.39, 0.29) is 0 Å². The van der Waals surface area contributed by atoms with Gasteiger partial charge < -0.3 is 10.1 Å². The van der Waals surface area contributed by atoms with Crippen molar-refractivity contribution in [2.24, 2.45) is 5.41 Å². The number of aryl methyl sites for hydroxylation is 1. The van der Waals surface area contributed by atoms with Gasteiger partial charge in [0.2, 0.25) is 0 Å². The Bertz CT molecular complexity index is 471. The first kappa shape index (κ1) is 14.9. The Hall–Kier alpha value is -1.00. The van der Waals surface area contributed by atoms with Crippen LogP contribution >= 0.6 is 0 Å². The molecular weight excluding hydrogens is 262 g/mol. The molecule has 2 saturated carbocycles. The number of nitrogens with zero attached hydrogens (tertiary/aromatic N) is 2. The Labute approximate surface area is 127 Å². The molecule has 21 heavy (non-hydrogen) atoms. The average molecular weight is 289 g/mol. The smallest absolute Gasteiger partial charge is 0.125 e. The minimum Gasteiger partial charge on any atom is -0.378 e. The van der Waals surface area contributed by atoms with Gasteiger partial charge in [-0.3, -0.25) is 0 Å². The predicted octanol–water partition coefficient (Wildman–Crippen LogP) is 3.00. The van der Waals surface area contributed by atoms with Gasteiger partial charge in [-0.1, -0.05) is 19.3 Å². The van der Waals surface area contributed by atoms with Crippen LogP contribution in [0.25, 0.3) is 0 Å². The van der Waals surface area contributed by atoms with Gasteiger partial charge >= 0.3 is 0 Å². The summed E-state index contributed by atoms with van der Waals surface area (Å²) >= 11 is 0. The second kappa shape index (κ2) is 6.41. The molecule has 116 valence electrons. The van der Waals surface area contributed by atoms with Crippen LogP contribution in [-0.4, -0.2) is 28.7 Å². The van der Waals surface area contributed by atoms with Gasteiger partial charge in [-0.25, -0.2) is 9.97 Å². The van der Waals surface area contributed by atoms with E-state index in [0.29, 0.717) is 17.6 Å². The predicted molar refractivity (Wildman–Crippen MR) is 82.9 cm³/mol.